The Morgan fingerprint density at radius 2 is 1.71 bits per heavy atom. The molecule has 0 aliphatic carbocycles. The zero-order valence-electron chi connectivity index (χ0n) is 25.6. The summed E-state index contributed by atoms with van der Waals surface area (Å²) in [6.07, 6.45) is 6.97. The number of carbonyl (C=O) groups excluding carboxylic acids is 2. The third kappa shape index (κ3) is 5.52. The van der Waals surface area contributed by atoms with Crippen LogP contribution in [0.4, 0.5) is 4.39 Å². The molecular formula is C36H39ClFN5O2. The first kappa shape index (κ1) is 29.9. The van der Waals surface area contributed by atoms with Crippen molar-refractivity contribution >= 4 is 34.4 Å². The smallest absolute Gasteiger partial charge is 0.255 e. The molecule has 3 fully saturated rings. The summed E-state index contributed by atoms with van der Waals surface area (Å²) in [5.74, 6) is 0.0432. The van der Waals surface area contributed by atoms with E-state index < -0.39 is 5.91 Å². The molecule has 2 bridgehead atoms. The van der Waals surface area contributed by atoms with Gasteiger partial charge in [-0.25, -0.2) is 9.37 Å². The minimum atomic E-state index is -0.601. The molecule has 9 heteroatoms. The fraction of sp³-hybridized carbons (Fsp3) is 0.417. The van der Waals surface area contributed by atoms with Crippen LogP contribution in [-0.2, 0) is 5.41 Å². The molecule has 0 spiro atoms. The Balaban J connectivity index is 1.08. The summed E-state index contributed by atoms with van der Waals surface area (Å²) in [5, 5.41) is 0.296. The van der Waals surface area contributed by atoms with Crippen LogP contribution in [-0.4, -0.2) is 62.9 Å². The number of halogens is 2. The van der Waals surface area contributed by atoms with E-state index in [1.54, 1.807) is 23.1 Å². The van der Waals surface area contributed by atoms with Crippen LogP contribution < -0.4 is 5.73 Å². The van der Waals surface area contributed by atoms with Gasteiger partial charge in [-0.3, -0.25) is 14.5 Å². The van der Waals surface area contributed by atoms with Crippen LogP contribution in [0.2, 0.25) is 5.02 Å². The maximum absolute atomic E-state index is 14.6. The number of benzene rings is 3. The van der Waals surface area contributed by atoms with Crippen molar-refractivity contribution < 1.29 is 14.0 Å². The quantitative estimate of drug-likeness (QED) is 0.248. The number of hydrogen-bond donors (Lipinski definition) is 1. The molecule has 3 aliphatic heterocycles. The van der Waals surface area contributed by atoms with Gasteiger partial charge in [-0.15, -0.1) is 0 Å². The molecule has 2 amide bonds. The molecule has 3 atom stereocenters. The standard InChI is InChI=1S/C36H39ClFN5O2/c1-23-40-32-7-2-3-8-33(32)43(23)29-21-27-10-11-28(22-29)42(27)18-15-36(25-5-4-6-26(38)20-25)13-16-41(17-14-36)35(45)30-19-24(34(39)44)9-12-31(30)37/h2-9,12,19-20,27-29H,10-11,13-18,21-22H2,1H3,(H2,39,44)/t27-,28+,29?. The second kappa shape index (κ2) is 11.9. The normalized spacial score (nSPS) is 23.0. The lowest BCUT2D eigenvalue weighted by Gasteiger charge is -2.45. The lowest BCUT2D eigenvalue weighted by molar-refractivity contribution is 0.0606. The minimum Gasteiger partial charge on any atom is -0.366 e. The average Bonchev–Trinajstić information content (AvgIpc) is 3.50. The fourth-order valence-electron chi connectivity index (χ4n) is 8.44. The van der Waals surface area contributed by atoms with Crippen LogP contribution in [0.25, 0.3) is 11.0 Å². The topological polar surface area (TPSA) is 84.5 Å². The van der Waals surface area contributed by atoms with Crippen LogP contribution in [0.1, 0.15) is 83.1 Å². The molecule has 7 rings (SSSR count). The summed E-state index contributed by atoms with van der Waals surface area (Å²) in [6, 6.07) is 21.5. The van der Waals surface area contributed by atoms with Gasteiger partial charge < -0.3 is 15.2 Å². The Labute approximate surface area is 268 Å². The van der Waals surface area contributed by atoms with E-state index >= 15 is 0 Å². The third-order valence-corrected chi connectivity index (χ3v) is 11.1. The SMILES string of the molecule is Cc1nc2ccccc2n1C1C[C@H]2CC[C@@H](C1)N2CCC1(c2cccc(F)c2)CCN(C(=O)c2cc(C(N)=O)ccc2Cl)CC1. The summed E-state index contributed by atoms with van der Waals surface area (Å²) in [6.45, 7) is 4.11. The summed E-state index contributed by atoms with van der Waals surface area (Å²) < 4.78 is 17.0. The first-order valence-electron chi connectivity index (χ1n) is 16.1. The van der Waals surface area contributed by atoms with Crippen LogP contribution in [0, 0.1) is 12.7 Å². The number of carbonyl (C=O) groups is 2. The van der Waals surface area contributed by atoms with Crippen LogP contribution in [0.15, 0.2) is 66.7 Å². The predicted octanol–water partition coefficient (Wildman–Crippen LogP) is 6.67. The molecule has 0 saturated carbocycles. The number of piperidine rings is 2. The Morgan fingerprint density at radius 3 is 2.42 bits per heavy atom. The average molecular weight is 628 g/mol. The number of nitrogens with zero attached hydrogens (tertiary/aromatic N) is 4. The van der Waals surface area contributed by atoms with Gasteiger partial charge in [-0.2, -0.15) is 0 Å². The van der Waals surface area contributed by atoms with E-state index in [1.165, 1.54) is 36.6 Å². The molecule has 4 heterocycles. The van der Waals surface area contributed by atoms with Crippen molar-refractivity contribution in [2.75, 3.05) is 19.6 Å². The van der Waals surface area contributed by atoms with Gasteiger partial charge >= 0.3 is 0 Å². The number of likely N-dealkylation sites (tertiary alicyclic amines) is 1. The number of nitrogens with two attached hydrogens (primary N) is 1. The molecule has 4 aromatic rings. The van der Waals surface area contributed by atoms with Crippen LogP contribution in [0.3, 0.4) is 0 Å². The van der Waals surface area contributed by atoms with E-state index in [1.807, 2.05) is 6.07 Å². The first-order chi connectivity index (χ1) is 21.7. The fourth-order valence-corrected chi connectivity index (χ4v) is 8.64. The van der Waals surface area contributed by atoms with Gasteiger partial charge in [-0.1, -0.05) is 35.9 Å². The van der Waals surface area contributed by atoms with Gasteiger partial charge in [0.15, 0.2) is 0 Å². The highest BCUT2D eigenvalue weighted by Gasteiger charge is 2.44. The molecule has 3 saturated heterocycles. The summed E-state index contributed by atoms with van der Waals surface area (Å²) >= 11 is 6.38. The Bertz CT molecular complexity index is 1750. The van der Waals surface area contributed by atoms with Gasteiger partial charge in [0.25, 0.3) is 5.91 Å². The Hall–Kier alpha value is -3.75. The number of aromatic nitrogens is 2. The second-order valence-electron chi connectivity index (χ2n) is 13.2. The zero-order valence-corrected chi connectivity index (χ0v) is 26.3. The molecule has 2 N–H and O–H groups in total. The summed E-state index contributed by atoms with van der Waals surface area (Å²) in [5.41, 5.74) is 9.04. The van der Waals surface area contributed by atoms with E-state index in [4.69, 9.17) is 22.3 Å². The summed E-state index contributed by atoms with van der Waals surface area (Å²) in [4.78, 5) is 34.7. The number of para-hydroxylation sites is 2. The molecule has 45 heavy (non-hydrogen) atoms. The number of amides is 2. The van der Waals surface area contributed by atoms with Crippen molar-refractivity contribution in [1.29, 1.82) is 0 Å². The van der Waals surface area contributed by atoms with Crippen molar-refractivity contribution in [1.82, 2.24) is 19.4 Å². The van der Waals surface area contributed by atoms with E-state index in [-0.39, 0.29) is 28.3 Å². The molecule has 3 aliphatic rings. The molecule has 0 radical (unpaired) electrons. The number of rotatable bonds is 7. The van der Waals surface area contributed by atoms with Gasteiger partial charge in [0.2, 0.25) is 5.91 Å². The monoisotopic (exact) mass is 627 g/mol. The number of fused-ring (bicyclic) bond motifs is 3. The first-order valence-corrected chi connectivity index (χ1v) is 16.4. The highest BCUT2D eigenvalue weighted by atomic mass is 35.5. The van der Waals surface area contributed by atoms with Crippen molar-refractivity contribution in [2.45, 2.75) is 75.4 Å². The molecular weight excluding hydrogens is 589 g/mol. The maximum atomic E-state index is 14.6. The molecule has 234 valence electrons. The number of hydrogen-bond acceptors (Lipinski definition) is 4. The molecule has 7 nitrogen and oxygen atoms in total. The predicted molar refractivity (Wildman–Crippen MR) is 174 cm³/mol. The minimum absolute atomic E-state index is 0.210. The molecule has 3 aromatic carbocycles. The van der Waals surface area contributed by atoms with Crippen molar-refractivity contribution in [3.8, 4) is 0 Å². The van der Waals surface area contributed by atoms with E-state index in [2.05, 4.69) is 40.7 Å². The number of imidazole rings is 1. The van der Waals surface area contributed by atoms with E-state index in [9.17, 15) is 14.0 Å². The van der Waals surface area contributed by atoms with Crippen molar-refractivity contribution in [3.05, 3.63) is 100 Å². The Kier molecular flexibility index (Phi) is 7.90. The highest BCUT2D eigenvalue weighted by Crippen LogP contribution is 2.45. The van der Waals surface area contributed by atoms with Crippen molar-refractivity contribution in [2.24, 2.45) is 5.73 Å². The van der Waals surface area contributed by atoms with Gasteiger partial charge in [0.1, 0.15) is 11.6 Å². The van der Waals surface area contributed by atoms with E-state index in [0.29, 0.717) is 36.2 Å². The zero-order chi connectivity index (χ0) is 31.3. The van der Waals surface area contributed by atoms with Gasteiger partial charge in [0.05, 0.1) is 21.6 Å². The highest BCUT2D eigenvalue weighted by molar-refractivity contribution is 6.34. The molecule has 1 aromatic heterocycles. The lowest BCUT2D eigenvalue weighted by atomic mass is 9.70. The number of primary amides is 1. The van der Waals surface area contributed by atoms with E-state index in [0.717, 1.165) is 55.6 Å². The largest absolute Gasteiger partial charge is 0.366 e. The van der Waals surface area contributed by atoms with Crippen molar-refractivity contribution in [3.63, 3.8) is 0 Å². The second-order valence-corrected chi connectivity index (χ2v) is 13.6. The Morgan fingerprint density at radius 1 is 0.978 bits per heavy atom. The van der Waals surface area contributed by atoms with Gasteiger partial charge in [0, 0.05) is 36.8 Å². The number of aryl methyl sites for hydroxylation is 1. The van der Waals surface area contributed by atoms with Crippen LogP contribution >= 0.6 is 11.6 Å². The summed E-state index contributed by atoms with van der Waals surface area (Å²) in [7, 11) is 0. The maximum Gasteiger partial charge on any atom is 0.255 e. The molecule has 1 unspecified atom stereocenters. The lowest BCUT2D eigenvalue weighted by Crippen LogP contribution is -2.49. The van der Waals surface area contributed by atoms with Crippen LogP contribution in [0.5, 0.6) is 0 Å². The third-order valence-electron chi connectivity index (χ3n) is 10.8. The van der Waals surface area contributed by atoms with Gasteiger partial charge in [-0.05, 0) is 112 Å².